The van der Waals surface area contributed by atoms with Crippen molar-refractivity contribution in [2.45, 2.75) is 11.4 Å². The van der Waals surface area contributed by atoms with E-state index in [4.69, 9.17) is 25.7 Å². The monoisotopic (exact) mass is 497 g/mol. The number of ether oxygens (including phenoxy) is 1. The molecule has 0 aliphatic carbocycles. The Morgan fingerprint density at radius 3 is 2.47 bits per heavy atom. The summed E-state index contributed by atoms with van der Waals surface area (Å²) in [6.45, 7) is 0.328. The van der Waals surface area contributed by atoms with Crippen LogP contribution in [0, 0.1) is 0 Å². The van der Waals surface area contributed by atoms with Gasteiger partial charge in [0, 0.05) is 24.0 Å². The van der Waals surface area contributed by atoms with Gasteiger partial charge < -0.3 is 9.29 Å². The van der Waals surface area contributed by atoms with E-state index in [1.54, 1.807) is 23.5 Å². The fourth-order valence-electron chi connectivity index (χ4n) is 3.95. The highest BCUT2D eigenvalue weighted by atomic mass is 32.2. The largest absolute Gasteiger partial charge is 0.593 e. The Kier molecular flexibility index (Phi) is 6.74. The first-order valence-corrected chi connectivity index (χ1v) is 12.3. The molecule has 1 unspecified atom stereocenters. The molecule has 0 fully saturated rings. The molecule has 0 saturated heterocycles. The van der Waals surface area contributed by atoms with E-state index >= 15 is 0 Å². The maximum atomic E-state index is 12.1. The molecule has 0 aliphatic heterocycles. The third kappa shape index (κ3) is 4.70. The molecule has 0 radical (unpaired) electrons. The Bertz CT molecular complexity index is 1500. The molecule has 0 spiro atoms. The number of benzene rings is 2. The summed E-state index contributed by atoms with van der Waals surface area (Å²) in [5, 5.41) is 8.01. The smallest absolute Gasteiger partial charge is 0.272 e. The first kappa shape index (κ1) is 23.6. The van der Waals surface area contributed by atoms with E-state index in [1.807, 2.05) is 66.7 Å². The number of nitrogens with two attached hydrogens (primary N) is 2. The molecule has 5 rings (SSSR count). The van der Waals surface area contributed by atoms with Gasteiger partial charge in [-0.05, 0) is 29.3 Å². The van der Waals surface area contributed by atoms with Crippen molar-refractivity contribution >= 4 is 28.1 Å². The number of rotatable bonds is 7. The lowest BCUT2D eigenvalue weighted by Crippen LogP contribution is -2.32. The van der Waals surface area contributed by atoms with Crippen LogP contribution in [0.2, 0.25) is 0 Å². The molecule has 0 saturated carbocycles. The van der Waals surface area contributed by atoms with Crippen molar-refractivity contribution < 1.29 is 9.29 Å². The lowest BCUT2D eigenvalue weighted by atomic mass is 10.0. The Labute approximate surface area is 211 Å². The van der Waals surface area contributed by atoms with Gasteiger partial charge in [-0.2, -0.15) is 0 Å². The highest BCUT2D eigenvalue weighted by Gasteiger charge is 2.21. The first-order chi connectivity index (χ1) is 17.5. The van der Waals surface area contributed by atoms with Crippen LogP contribution in [0.4, 0.5) is 5.82 Å². The maximum Gasteiger partial charge on any atom is 0.272 e. The van der Waals surface area contributed by atoms with Crippen LogP contribution in [0.15, 0.2) is 90.1 Å². The topological polar surface area (TPSA) is 139 Å². The van der Waals surface area contributed by atoms with Crippen LogP contribution in [0.5, 0.6) is 5.88 Å². The normalized spacial score (nSPS) is 11.9. The van der Waals surface area contributed by atoms with Gasteiger partial charge in [-0.1, -0.05) is 48.5 Å². The zero-order chi connectivity index (χ0) is 25.1. The molecule has 3 heterocycles. The van der Waals surface area contributed by atoms with Gasteiger partial charge in [0.1, 0.15) is 0 Å². The van der Waals surface area contributed by atoms with Crippen LogP contribution < -0.4 is 20.7 Å². The summed E-state index contributed by atoms with van der Waals surface area (Å²) in [6.07, 6.45) is 3.28. The molecule has 3 aromatic heterocycles. The number of aromatic nitrogens is 4. The third-order valence-electron chi connectivity index (χ3n) is 5.61. The van der Waals surface area contributed by atoms with Crippen LogP contribution in [-0.2, 0) is 17.9 Å². The third-order valence-corrected chi connectivity index (χ3v) is 6.33. The van der Waals surface area contributed by atoms with Crippen molar-refractivity contribution in [3.63, 3.8) is 0 Å². The molecule has 2 aromatic carbocycles. The van der Waals surface area contributed by atoms with Crippen LogP contribution in [0.25, 0.3) is 33.4 Å². The van der Waals surface area contributed by atoms with Gasteiger partial charge in [-0.15, -0.1) is 5.14 Å². The number of methoxy groups -OCH3 is 1. The van der Waals surface area contributed by atoms with E-state index in [-0.39, 0.29) is 10.8 Å². The quantitative estimate of drug-likeness (QED) is 0.196. The molecule has 10 heteroatoms. The molecule has 9 nitrogen and oxygen atoms in total. The second kappa shape index (κ2) is 10.3. The minimum Gasteiger partial charge on any atom is -0.593 e. The van der Waals surface area contributed by atoms with Gasteiger partial charge >= 0.3 is 0 Å². The molecule has 0 bridgehead atoms. The van der Waals surface area contributed by atoms with Gasteiger partial charge in [-0.25, -0.2) is 20.8 Å². The summed E-state index contributed by atoms with van der Waals surface area (Å²) in [5.41, 5.74) is 3.97. The Hall–Kier alpha value is -4.09. The molecule has 180 valence electrons. The van der Waals surface area contributed by atoms with Crippen molar-refractivity contribution in [1.82, 2.24) is 19.9 Å². The van der Waals surface area contributed by atoms with E-state index < -0.39 is 11.4 Å². The molecule has 1 atom stereocenters. The number of hydrogen-bond acceptors (Lipinski definition) is 9. The highest BCUT2D eigenvalue weighted by Crippen LogP contribution is 2.36. The summed E-state index contributed by atoms with van der Waals surface area (Å²) in [6, 6.07) is 23.1. The Balaban J connectivity index is 1.72. The zero-order valence-electron chi connectivity index (χ0n) is 19.4. The molecular weight excluding hydrogens is 474 g/mol. The molecule has 0 amide bonds. The maximum absolute atomic E-state index is 12.1. The predicted octanol–water partition coefficient (Wildman–Crippen LogP) is 3.62. The fraction of sp³-hybridized carbons (Fsp3) is 0.0769. The van der Waals surface area contributed by atoms with Crippen molar-refractivity contribution in [2.75, 3.05) is 12.1 Å². The standard InChI is InChI=1S/C26H23N7O2S/c1-35-26-22(36(28)34)14-18(15-30-26)24-31-21-12-7-11-20(17-8-3-2-4-9-17)23(21)25(32-24)33(27)16-19-10-5-6-13-29-19/h2-15H,16,27-28H2,1H3. The number of nitrogens with zero attached hydrogens (tertiary/aromatic N) is 5. The SMILES string of the molecule is COc1ncc(-c2nc(N(N)Cc3ccccn3)c3c(-c4ccccc4)cccc3n2)cc1[S+](N)[O-]. The summed E-state index contributed by atoms with van der Waals surface area (Å²) in [5.74, 6) is 7.67. The average Bonchev–Trinajstić information content (AvgIpc) is 2.92. The molecule has 5 aromatic rings. The van der Waals surface area contributed by atoms with E-state index in [0.29, 0.717) is 29.3 Å². The van der Waals surface area contributed by atoms with Crippen LogP contribution in [0.3, 0.4) is 0 Å². The van der Waals surface area contributed by atoms with Crippen LogP contribution in [0.1, 0.15) is 5.69 Å². The Morgan fingerprint density at radius 2 is 1.75 bits per heavy atom. The number of anilines is 1. The molecule has 36 heavy (non-hydrogen) atoms. The second-order valence-electron chi connectivity index (χ2n) is 7.91. The van der Waals surface area contributed by atoms with E-state index in [0.717, 1.165) is 22.2 Å². The van der Waals surface area contributed by atoms with Crippen molar-refractivity contribution in [3.8, 4) is 28.4 Å². The summed E-state index contributed by atoms with van der Waals surface area (Å²) >= 11 is -1.81. The average molecular weight is 498 g/mol. The number of hydrazine groups is 1. The van der Waals surface area contributed by atoms with Gasteiger partial charge in [0.15, 0.2) is 11.6 Å². The summed E-state index contributed by atoms with van der Waals surface area (Å²) in [7, 11) is 1.44. The molecular formula is C26H23N7O2S. The van der Waals surface area contributed by atoms with Gasteiger partial charge in [-0.3, -0.25) is 9.99 Å². The fourth-order valence-corrected chi connectivity index (χ4v) is 4.50. The lowest BCUT2D eigenvalue weighted by Gasteiger charge is -2.21. The zero-order valence-corrected chi connectivity index (χ0v) is 20.2. The van der Waals surface area contributed by atoms with Crippen molar-refractivity contribution in [1.29, 1.82) is 0 Å². The Morgan fingerprint density at radius 1 is 0.944 bits per heavy atom. The molecule has 0 aliphatic rings. The predicted molar refractivity (Wildman–Crippen MR) is 140 cm³/mol. The summed E-state index contributed by atoms with van der Waals surface area (Å²) < 4.78 is 17.3. The van der Waals surface area contributed by atoms with Gasteiger partial charge in [0.05, 0.1) is 41.6 Å². The van der Waals surface area contributed by atoms with Crippen molar-refractivity contribution in [2.24, 2.45) is 11.0 Å². The van der Waals surface area contributed by atoms with Crippen LogP contribution >= 0.6 is 0 Å². The number of pyridine rings is 2. The van der Waals surface area contributed by atoms with E-state index in [9.17, 15) is 4.55 Å². The van der Waals surface area contributed by atoms with E-state index in [2.05, 4.69) is 9.97 Å². The first-order valence-electron chi connectivity index (χ1n) is 11.0. The second-order valence-corrected chi connectivity index (χ2v) is 8.95. The minimum absolute atomic E-state index is 0.183. The minimum atomic E-state index is -1.81. The number of hydrogen-bond donors (Lipinski definition) is 2. The summed E-state index contributed by atoms with van der Waals surface area (Å²) in [4.78, 5) is 18.6. The van der Waals surface area contributed by atoms with Gasteiger partial charge in [0.2, 0.25) is 4.90 Å². The van der Waals surface area contributed by atoms with Crippen molar-refractivity contribution in [3.05, 3.63) is 90.9 Å². The van der Waals surface area contributed by atoms with E-state index in [1.165, 1.54) is 7.11 Å². The van der Waals surface area contributed by atoms with Crippen LogP contribution in [-0.4, -0.2) is 31.6 Å². The van der Waals surface area contributed by atoms with Gasteiger partial charge in [0.25, 0.3) is 5.88 Å². The number of fused-ring (bicyclic) bond motifs is 1. The lowest BCUT2D eigenvalue weighted by molar-refractivity contribution is 0.385. The highest BCUT2D eigenvalue weighted by molar-refractivity contribution is 7.89. The molecule has 4 N–H and O–H groups in total.